The van der Waals surface area contributed by atoms with Gasteiger partial charge in [0.1, 0.15) is 11.9 Å². The van der Waals surface area contributed by atoms with E-state index >= 15 is 0 Å². The second kappa shape index (κ2) is 8.62. The van der Waals surface area contributed by atoms with E-state index in [-0.39, 0.29) is 34.8 Å². The van der Waals surface area contributed by atoms with Crippen LogP contribution in [0.15, 0.2) is 49.1 Å². The molecule has 3 atom stereocenters. The van der Waals surface area contributed by atoms with E-state index in [0.29, 0.717) is 25.6 Å². The number of ether oxygens (including phenoxy) is 1. The first-order valence-corrected chi connectivity index (χ1v) is 10.7. The quantitative estimate of drug-likeness (QED) is 0.530. The number of fused-ring (bicyclic) bond motifs is 3. The number of aromatic nitrogens is 4. The Morgan fingerprint density at radius 3 is 2.50 bits per heavy atom. The summed E-state index contributed by atoms with van der Waals surface area (Å²) in [5.74, 6) is -0.878. The molecule has 34 heavy (non-hydrogen) atoms. The molecule has 176 valence electrons. The minimum absolute atomic E-state index is 0.0535. The number of alkyl halides is 3. The van der Waals surface area contributed by atoms with Crippen molar-refractivity contribution in [1.29, 1.82) is 0 Å². The van der Waals surface area contributed by atoms with Gasteiger partial charge in [0.2, 0.25) is 5.88 Å². The standard InChI is InChI=1S/C23H19F4N5O2/c24-15-4-1-3-14(21-28-7-2-8-29-21)20(15)22(33)32-12-13-5-6-16(32)17(9-13)34-19-11-30-18(10-31-19)23(25,26)27/h1-4,7-8,10-11,13,16-17H,5-6,9,12H2. The summed E-state index contributed by atoms with van der Waals surface area (Å²) >= 11 is 0. The molecule has 2 aromatic heterocycles. The van der Waals surface area contributed by atoms with Crippen LogP contribution in [-0.4, -0.2) is 49.4 Å². The van der Waals surface area contributed by atoms with Crippen LogP contribution in [0.4, 0.5) is 17.6 Å². The molecular formula is C23H19F4N5O2. The van der Waals surface area contributed by atoms with E-state index in [1.54, 1.807) is 17.0 Å². The molecule has 3 fully saturated rings. The van der Waals surface area contributed by atoms with Crippen LogP contribution in [0, 0.1) is 11.7 Å². The summed E-state index contributed by atoms with van der Waals surface area (Å²) in [6, 6.07) is 5.55. The van der Waals surface area contributed by atoms with E-state index in [4.69, 9.17) is 4.74 Å². The number of halogens is 4. The second-order valence-electron chi connectivity index (χ2n) is 8.33. The van der Waals surface area contributed by atoms with E-state index in [0.717, 1.165) is 12.6 Å². The molecule has 2 bridgehead atoms. The second-order valence-corrected chi connectivity index (χ2v) is 8.33. The van der Waals surface area contributed by atoms with Crippen molar-refractivity contribution in [3.8, 4) is 17.3 Å². The summed E-state index contributed by atoms with van der Waals surface area (Å²) in [6.45, 7) is 0.436. The summed E-state index contributed by atoms with van der Waals surface area (Å²) in [5.41, 5.74) is -0.940. The van der Waals surface area contributed by atoms with Crippen molar-refractivity contribution in [3.63, 3.8) is 0 Å². The first kappa shape index (κ1) is 22.2. The van der Waals surface area contributed by atoms with Gasteiger partial charge in [-0.15, -0.1) is 0 Å². The molecule has 2 saturated heterocycles. The minimum atomic E-state index is -4.60. The third kappa shape index (κ3) is 4.17. The lowest BCUT2D eigenvalue weighted by molar-refractivity contribution is -0.141. The van der Waals surface area contributed by atoms with Crippen LogP contribution >= 0.6 is 0 Å². The molecular weight excluding hydrogens is 454 g/mol. The van der Waals surface area contributed by atoms with Crippen LogP contribution in [-0.2, 0) is 6.18 Å². The molecule has 11 heteroatoms. The van der Waals surface area contributed by atoms with Gasteiger partial charge in [0.15, 0.2) is 11.5 Å². The molecule has 0 N–H and O–H groups in total. The Balaban J connectivity index is 1.41. The zero-order valence-corrected chi connectivity index (χ0v) is 17.7. The summed E-state index contributed by atoms with van der Waals surface area (Å²) < 4.78 is 59.1. The van der Waals surface area contributed by atoms with Crippen molar-refractivity contribution in [2.75, 3.05) is 6.54 Å². The fraction of sp³-hybridized carbons (Fsp3) is 0.348. The zero-order chi connectivity index (χ0) is 23.9. The molecule has 0 radical (unpaired) electrons. The van der Waals surface area contributed by atoms with E-state index in [9.17, 15) is 22.4 Å². The third-order valence-corrected chi connectivity index (χ3v) is 6.21. The third-order valence-electron chi connectivity index (χ3n) is 6.21. The average molecular weight is 473 g/mol. The van der Waals surface area contributed by atoms with Gasteiger partial charge in [-0.25, -0.2) is 24.3 Å². The summed E-state index contributed by atoms with van der Waals surface area (Å²) in [5, 5.41) is 0. The topological polar surface area (TPSA) is 81.1 Å². The van der Waals surface area contributed by atoms with Crippen molar-refractivity contribution < 1.29 is 27.1 Å². The smallest absolute Gasteiger partial charge is 0.434 e. The Bertz CT molecular complexity index is 1190. The maximum Gasteiger partial charge on any atom is 0.434 e. The lowest BCUT2D eigenvalue weighted by Gasteiger charge is -2.49. The van der Waals surface area contributed by atoms with E-state index in [2.05, 4.69) is 19.9 Å². The predicted molar refractivity (Wildman–Crippen MR) is 111 cm³/mol. The molecule has 3 unspecified atom stereocenters. The molecule has 1 saturated carbocycles. The lowest BCUT2D eigenvalue weighted by Crippen LogP contribution is -2.59. The first-order valence-electron chi connectivity index (χ1n) is 10.7. The maximum absolute atomic E-state index is 14.9. The van der Waals surface area contributed by atoms with Gasteiger partial charge in [-0.2, -0.15) is 13.2 Å². The normalized spacial score (nSPS) is 22.0. The SMILES string of the molecule is O=C(c1c(F)cccc1-c1ncccn1)N1CC2CCC1C(Oc1cnc(C(F)(F)F)cn1)C2. The Hall–Kier alpha value is -3.63. The molecule has 3 aliphatic rings. The van der Waals surface area contributed by atoms with Crippen LogP contribution < -0.4 is 4.74 Å². The van der Waals surface area contributed by atoms with Crippen molar-refractivity contribution in [1.82, 2.24) is 24.8 Å². The van der Waals surface area contributed by atoms with Crippen LogP contribution in [0.25, 0.3) is 11.4 Å². The molecule has 3 aromatic rings. The van der Waals surface area contributed by atoms with Crippen LogP contribution in [0.5, 0.6) is 5.88 Å². The number of hydrogen-bond acceptors (Lipinski definition) is 6. The van der Waals surface area contributed by atoms with Crippen LogP contribution in [0.3, 0.4) is 0 Å². The fourth-order valence-electron chi connectivity index (χ4n) is 4.68. The molecule has 4 heterocycles. The Kier molecular flexibility index (Phi) is 5.62. The molecule has 0 spiro atoms. The minimum Gasteiger partial charge on any atom is -0.471 e. The Labute approximate surface area is 191 Å². The van der Waals surface area contributed by atoms with E-state index in [1.807, 2.05) is 0 Å². The highest BCUT2D eigenvalue weighted by Gasteiger charge is 2.45. The van der Waals surface area contributed by atoms with Crippen molar-refractivity contribution in [3.05, 3.63) is 66.1 Å². The lowest BCUT2D eigenvalue weighted by atomic mass is 9.77. The molecule has 2 aliphatic heterocycles. The molecule has 6 rings (SSSR count). The predicted octanol–water partition coefficient (Wildman–Crippen LogP) is 4.16. The Morgan fingerprint density at radius 1 is 1.03 bits per heavy atom. The van der Waals surface area contributed by atoms with Crippen molar-refractivity contribution in [2.45, 2.75) is 37.6 Å². The number of rotatable bonds is 4. The van der Waals surface area contributed by atoms with Crippen LogP contribution in [0.1, 0.15) is 35.3 Å². The molecule has 1 amide bonds. The van der Waals surface area contributed by atoms with E-state index < -0.39 is 29.7 Å². The van der Waals surface area contributed by atoms with Gasteiger partial charge in [0, 0.05) is 24.5 Å². The number of piperidine rings is 2. The largest absolute Gasteiger partial charge is 0.471 e. The van der Waals surface area contributed by atoms with Crippen molar-refractivity contribution in [2.24, 2.45) is 5.92 Å². The number of benzene rings is 1. The summed E-state index contributed by atoms with van der Waals surface area (Å²) in [7, 11) is 0. The number of carbonyl (C=O) groups excluding carboxylic acids is 1. The van der Waals surface area contributed by atoms with Crippen LogP contribution in [0.2, 0.25) is 0 Å². The van der Waals surface area contributed by atoms with Gasteiger partial charge >= 0.3 is 6.18 Å². The highest BCUT2D eigenvalue weighted by molar-refractivity contribution is 6.00. The van der Waals surface area contributed by atoms with Gasteiger partial charge < -0.3 is 9.64 Å². The number of carbonyl (C=O) groups is 1. The summed E-state index contributed by atoms with van der Waals surface area (Å²) in [6.07, 6.45) is 1.59. The first-order chi connectivity index (χ1) is 16.3. The highest BCUT2D eigenvalue weighted by Crippen LogP contribution is 2.39. The molecule has 7 nitrogen and oxygen atoms in total. The summed E-state index contributed by atoms with van der Waals surface area (Å²) in [4.78, 5) is 30.6. The number of amides is 1. The van der Waals surface area contributed by atoms with Gasteiger partial charge in [-0.05, 0) is 37.3 Å². The molecule has 1 aromatic carbocycles. The van der Waals surface area contributed by atoms with Gasteiger partial charge in [-0.1, -0.05) is 12.1 Å². The molecule has 1 aliphatic carbocycles. The van der Waals surface area contributed by atoms with Gasteiger partial charge in [0.05, 0.1) is 24.0 Å². The zero-order valence-electron chi connectivity index (χ0n) is 17.7. The number of nitrogens with zero attached hydrogens (tertiary/aromatic N) is 5. The monoisotopic (exact) mass is 473 g/mol. The Morgan fingerprint density at radius 2 is 1.82 bits per heavy atom. The fourth-order valence-corrected chi connectivity index (χ4v) is 4.68. The maximum atomic E-state index is 14.9. The van der Waals surface area contributed by atoms with Gasteiger partial charge in [-0.3, -0.25) is 4.79 Å². The average Bonchev–Trinajstić information content (AvgIpc) is 2.84. The van der Waals surface area contributed by atoms with Gasteiger partial charge in [0.25, 0.3) is 5.91 Å². The highest BCUT2D eigenvalue weighted by atomic mass is 19.4. The van der Waals surface area contributed by atoms with E-state index in [1.165, 1.54) is 24.5 Å². The number of hydrogen-bond donors (Lipinski definition) is 0. The van der Waals surface area contributed by atoms with Crippen molar-refractivity contribution >= 4 is 5.91 Å².